The van der Waals surface area contributed by atoms with E-state index in [0.717, 1.165) is 6.54 Å². The van der Waals surface area contributed by atoms with Crippen LogP contribution in [-0.4, -0.2) is 25.5 Å². The first-order valence-corrected chi connectivity index (χ1v) is 6.22. The van der Waals surface area contributed by atoms with Crippen molar-refractivity contribution in [3.63, 3.8) is 0 Å². The van der Waals surface area contributed by atoms with Gasteiger partial charge in [0.05, 0.1) is 0 Å². The largest absolute Gasteiger partial charge is 0.306 e. The van der Waals surface area contributed by atoms with E-state index < -0.39 is 0 Å². The van der Waals surface area contributed by atoms with Crippen molar-refractivity contribution >= 4 is 6.08 Å². The average molecular weight is 237 g/mol. The average Bonchev–Trinajstić information content (AvgIpc) is 2.40. The first-order chi connectivity index (χ1) is 8.75. The van der Waals surface area contributed by atoms with Crippen molar-refractivity contribution in [3.8, 4) is 11.1 Å². The Bertz CT molecular complexity index is 495. The van der Waals surface area contributed by atoms with E-state index in [2.05, 4.69) is 79.7 Å². The third-order valence-electron chi connectivity index (χ3n) is 2.80. The minimum Gasteiger partial charge on any atom is -0.306 e. The molecule has 2 aromatic carbocycles. The molecule has 0 atom stereocenters. The second-order valence-electron chi connectivity index (χ2n) is 4.65. The molecule has 0 radical (unpaired) electrons. The molecule has 0 spiro atoms. The molecule has 1 nitrogen and oxygen atoms in total. The highest BCUT2D eigenvalue weighted by atomic mass is 15.0. The van der Waals surface area contributed by atoms with Gasteiger partial charge < -0.3 is 4.90 Å². The van der Waals surface area contributed by atoms with Gasteiger partial charge in [0, 0.05) is 6.54 Å². The Hall–Kier alpha value is -1.86. The fraction of sp³-hybridized carbons (Fsp3) is 0.176. The second-order valence-corrected chi connectivity index (χ2v) is 4.65. The summed E-state index contributed by atoms with van der Waals surface area (Å²) in [7, 11) is 4.14. The molecule has 0 heterocycles. The number of likely N-dealkylation sites (N-methyl/N-ethyl adjacent to an activating group) is 1. The zero-order valence-corrected chi connectivity index (χ0v) is 11.0. The predicted octanol–water partition coefficient (Wildman–Crippen LogP) is 3.93. The minimum absolute atomic E-state index is 0.973. The van der Waals surface area contributed by atoms with Gasteiger partial charge in [0.15, 0.2) is 0 Å². The van der Waals surface area contributed by atoms with Crippen molar-refractivity contribution in [2.45, 2.75) is 0 Å². The van der Waals surface area contributed by atoms with E-state index in [1.807, 2.05) is 6.07 Å². The molecule has 0 saturated carbocycles. The Morgan fingerprint density at radius 2 is 1.44 bits per heavy atom. The van der Waals surface area contributed by atoms with Crippen LogP contribution in [0.4, 0.5) is 0 Å². The van der Waals surface area contributed by atoms with Crippen LogP contribution in [0, 0.1) is 0 Å². The van der Waals surface area contributed by atoms with Crippen LogP contribution in [0.25, 0.3) is 17.2 Å². The molecule has 0 aliphatic carbocycles. The van der Waals surface area contributed by atoms with Gasteiger partial charge in [-0.15, -0.1) is 0 Å². The van der Waals surface area contributed by atoms with Crippen LogP contribution in [-0.2, 0) is 0 Å². The van der Waals surface area contributed by atoms with E-state index >= 15 is 0 Å². The highest BCUT2D eigenvalue weighted by molar-refractivity contribution is 5.65. The van der Waals surface area contributed by atoms with Gasteiger partial charge in [0.2, 0.25) is 0 Å². The fourth-order valence-electron chi connectivity index (χ4n) is 1.82. The van der Waals surface area contributed by atoms with Gasteiger partial charge in [-0.25, -0.2) is 0 Å². The Balaban J connectivity index is 2.09. The van der Waals surface area contributed by atoms with Crippen molar-refractivity contribution in [1.82, 2.24) is 4.90 Å². The number of hydrogen-bond donors (Lipinski definition) is 0. The predicted molar refractivity (Wildman–Crippen MR) is 79.5 cm³/mol. The van der Waals surface area contributed by atoms with Crippen LogP contribution in [0.2, 0.25) is 0 Å². The summed E-state index contributed by atoms with van der Waals surface area (Å²) in [5.41, 5.74) is 3.78. The minimum atomic E-state index is 0.973. The molecular formula is C17H19N. The van der Waals surface area contributed by atoms with Crippen molar-refractivity contribution in [2.24, 2.45) is 0 Å². The van der Waals surface area contributed by atoms with E-state index in [9.17, 15) is 0 Å². The van der Waals surface area contributed by atoms with Gasteiger partial charge >= 0.3 is 0 Å². The summed E-state index contributed by atoms with van der Waals surface area (Å²) in [5.74, 6) is 0. The van der Waals surface area contributed by atoms with Gasteiger partial charge in [-0.2, -0.15) is 0 Å². The van der Waals surface area contributed by atoms with Crippen LogP contribution in [0.3, 0.4) is 0 Å². The molecule has 0 amide bonds. The molecule has 18 heavy (non-hydrogen) atoms. The highest BCUT2D eigenvalue weighted by Crippen LogP contribution is 2.19. The molecule has 0 saturated heterocycles. The standard InChI is InChI=1S/C17H19N/c1-18(2)14-6-7-15-10-12-17(13-11-15)16-8-4-3-5-9-16/h3-13H,14H2,1-2H3/b7-6+. The Morgan fingerprint density at radius 3 is 2.06 bits per heavy atom. The Labute approximate surface area is 109 Å². The molecule has 0 N–H and O–H groups in total. The quantitative estimate of drug-likeness (QED) is 0.779. The van der Waals surface area contributed by atoms with E-state index in [0.29, 0.717) is 0 Å². The Kier molecular flexibility index (Phi) is 4.32. The maximum absolute atomic E-state index is 2.18. The maximum Gasteiger partial charge on any atom is 0.0160 e. The van der Waals surface area contributed by atoms with E-state index in [1.165, 1.54) is 16.7 Å². The van der Waals surface area contributed by atoms with Gasteiger partial charge in [0.1, 0.15) is 0 Å². The fourth-order valence-corrected chi connectivity index (χ4v) is 1.82. The number of benzene rings is 2. The van der Waals surface area contributed by atoms with Crippen molar-refractivity contribution in [2.75, 3.05) is 20.6 Å². The topological polar surface area (TPSA) is 3.24 Å². The summed E-state index contributed by atoms with van der Waals surface area (Å²) >= 11 is 0. The molecule has 0 aliphatic heterocycles. The Morgan fingerprint density at radius 1 is 0.833 bits per heavy atom. The molecule has 2 rings (SSSR count). The van der Waals surface area contributed by atoms with E-state index in [-0.39, 0.29) is 0 Å². The molecule has 0 unspecified atom stereocenters. The van der Waals surface area contributed by atoms with Gasteiger partial charge in [-0.05, 0) is 30.8 Å². The van der Waals surface area contributed by atoms with Gasteiger partial charge in [-0.1, -0.05) is 66.7 Å². The summed E-state index contributed by atoms with van der Waals surface area (Å²) in [6.07, 6.45) is 4.34. The molecular weight excluding hydrogens is 218 g/mol. The molecule has 92 valence electrons. The van der Waals surface area contributed by atoms with Gasteiger partial charge in [-0.3, -0.25) is 0 Å². The molecule has 2 aromatic rings. The smallest absolute Gasteiger partial charge is 0.0160 e. The van der Waals surface area contributed by atoms with Crippen molar-refractivity contribution in [1.29, 1.82) is 0 Å². The summed E-state index contributed by atoms with van der Waals surface area (Å²) < 4.78 is 0. The lowest BCUT2D eigenvalue weighted by molar-refractivity contribution is 0.457. The lowest BCUT2D eigenvalue weighted by Gasteiger charge is -2.04. The second kappa shape index (κ2) is 6.18. The van der Waals surface area contributed by atoms with Crippen LogP contribution >= 0.6 is 0 Å². The van der Waals surface area contributed by atoms with Crippen LogP contribution in [0.5, 0.6) is 0 Å². The maximum atomic E-state index is 2.18. The van der Waals surface area contributed by atoms with Crippen LogP contribution in [0.15, 0.2) is 60.7 Å². The number of nitrogens with zero attached hydrogens (tertiary/aromatic N) is 1. The third kappa shape index (κ3) is 3.57. The molecule has 0 bridgehead atoms. The SMILES string of the molecule is CN(C)C/C=C/c1ccc(-c2ccccc2)cc1. The van der Waals surface area contributed by atoms with Crippen LogP contribution in [0.1, 0.15) is 5.56 Å². The van der Waals surface area contributed by atoms with Crippen molar-refractivity contribution in [3.05, 3.63) is 66.2 Å². The lowest BCUT2D eigenvalue weighted by Crippen LogP contribution is -2.10. The molecule has 0 fully saturated rings. The summed E-state index contributed by atoms with van der Waals surface area (Å²) in [6.45, 7) is 0.973. The first kappa shape index (κ1) is 12.6. The molecule has 0 aliphatic rings. The zero-order valence-electron chi connectivity index (χ0n) is 11.0. The van der Waals surface area contributed by atoms with Crippen molar-refractivity contribution < 1.29 is 0 Å². The summed E-state index contributed by atoms with van der Waals surface area (Å²) in [6, 6.07) is 19.1. The zero-order chi connectivity index (χ0) is 12.8. The van der Waals surface area contributed by atoms with E-state index in [1.54, 1.807) is 0 Å². The summed E-state index contributed by atoms with van der Waals surface area (Å²) in [5, 5.41) is 0. The van der Waals surface area contributed by atoms with E-state index in [4.69, 9.17) is 0 Å². The lowest BCUT2D eigenvalue weighted by atomic mass is 10.0. The molecule has 0 aromatic heterocycles. The number of rotatable bonds is 4. The van der Waals surface area contributed by atoms with Gasteiger partial charge in [0.25, 0.3) is 0 Å². The highest BCUT2D eigenvalue weighted by Gasteiger charge is 1.95. The third-order valence-corrected chi connectivity index (χ3v) is 2.80. The normalized spacial score (nSPS) is 11.3. The first-order valence-electron chi connectivity index (χ1n) is 6.22. The monoisotopic (exact) mass is 237 g/mol. The number of hydrogen-bond acceptors (Lipinski definition) is 1. The van der Waals surface area contributed by atoms with Crippen LogP contribution < -0.4 is 0 Å². The summed E-state index contributed by atoms with van der Waals surface area (Å²) in [4.78, 5) is 2.15. The molecule has 1 heteroatoms.